The van der Waals surface area contributed by atoms with Crippen LogP contribution in [0.15, 0.2) is 48.5 Å². The number of aliphatic hydroxyl groups is 1. The zero-order chi connectivity index (χ0) is 18.9. The number of hydrogen-bond donors (Lipinski definition) is 2. The summed E-state index contributed by atoms with van der Waals surface area (Å²) in [5, 5.41) is 12.4. The number of anilines is 1. The molecule has 9 heteroatoms. The molecule has 0 radical (unpaired) electrons. The summed E-state index contributed by atoms with van der Waals surface area (Å²) in [5.41, 5.74) is -2.83. The van der Waals surface area contributed by atoms with Gasteiger partial charge in [-0.2, -0.15) is 13.2 Å². The Hall–Kier alpha value is -2.16. The van der Waals surface area contributed by atoms with E-state index in [1.54, 1.807) is 30.3 Å². The molecule has 0 aliphatic heterocycles. The Bertz CT molecular complexity index is 927. The highest BCUT2D eigenvalue weighted by Crippen LogP contribution is 2.44. The van der Waals surface area contributed by atoms with Crippen LogP contribution in [0, 0.1) is 0 Å². The summed E-state index contributed by atoms with van der Waals surface area (Å²) in [5.74, 6) is -1.01. The summed E-state index contributed by atoms with van der Waals surface area (Å²) < 4.78 is 41.3. The van der Waals surface area contributed by atoms with Gasteiger partial charge in [-0.25, -0.2) is 4.98 Å². The highest BCUT2D eigenvalue weighted by atomic mass is 35.5. The largest absolute Gasteiger partial charge is 0.424 e. The van der Waals surface area contributed by atoms with Crippen LogP contribution in [-0.2, 0) is 10.4 Å². The first-order valence-corrected chi connectivity index (χ1v) is 8.59. The van der Waals surface area contributed by atoms with Crippen molar-refractivity contribution in [3.63, 3.8) is 0 Å². The molecule has 1 amide bonds. The predicted octanol–water partition coefficient (Wildman–Crippen LogP) is 4.73. The first-order chi connectivity index (χ1) is 12.2. The molecule has 3 aromatic rings. The van der Waals surface area contributed by atoms with Gasteiger partial charge in [-0.05, 0) is 30.3 Å². The summed E-state index contributed by atoms with van der Waals surface area (Å²) >= 11 is 6.49. The maximum absolute atomic E-state index is 13.6. The molecule has 0 saturated carbocycles. The minimum Gasteiger partial charge on any atom is -0.374 e. The number of halogens is 4. The Labute approximate surface area is 155 Å². The average molecular weight is 401 g/mol. The maximum Gasteiger partial charge on any atom is 0.424 e. The van der Waals surface area contributed by atoms with E-state index in [9.17, 15) is 23.1 Å². The number of nitrogens with one attached hydrogen (secondary N) is 1. The van der Waals surface area contributed by atoms with E-state index in [1.807, 2.05) is 0 Å². The van der Waals surface area contributed by atoms with Crippen LogP contribution in [0.4, 0.5) is 18.9 Å². The van der Waals surface area contributed by atoms with Crippen LogP contribution in [0.2, 0.25) is 5.02 Å². The van der Waals surface area contributed by atoms with Gasteiger partial charge in [0.05, 0.1) is 16.6 Å². The summed E-state index contributed by atoms with van der Waals surface area (Å²) in [7, 11) is 0. The number of nitrogens with zero attached hydrogens (tertiary/aromatic N) is 1. The lowest BCUT2D eigenvalue weighted by molar-refractivity contribution is -0.266. The number of fused-ring (bicyclic) bond motifs is 1. The van der Waals surface area contributed by atoms with Gasteiger partial charge in [0.1, 0.15) is 5.01 Å². The lowest BCUT2D eigenvalue weighted by Gasteiger charge is -2.27. The number of para-hydroxylation sites is 1. The fourth-order valence-electron chi connectivity index (χ4n) is 2.35. The lowest BCUT2D eigenvalue weighted by Crippen LogP contribution is -2.45. The number of benzene rings is 2. The summed E-state index contributed by atoms with van der Waals surface area (Å²) in [6, 6.07) is 12.4. The molecule has 2 N–H and O–H groups in total. The van der Waals surface area contributed by atoms with E-state index in [-0.39, 0.29) is 5.69 Å². The van der Waals surface area contributed by atoms with Crippen LogP contribution in [0.5, 0.6) is 0 Å². The molecule has 1 unspecified atom stereocenters. The number of hydrogen-bond acceptors (Lipinski definition) is 4. The minimum atomic E-state index is -5.08. The number of amides is 1. The van der Waals surface area contributed by atoms with Gasteiger partial charge < -0.3 is 10.4 Å². The fourth-order valence-corrected chi connectivity index (χ4v) is 3.61. The highest BCUT2D eigenvalue weighted by Gasteiger charge is 2.58. The Balaban J connectivity index is 1.91. The monoisotopic (exact) mass is 400 g/mol. The summed E-state index contributed by atoms with van der Waals surface area (Å²) in [4.78, 5) is 16.0. The van der Waals surface area contributed by atoms with Crippen molar-refractivity contribution in [2.24, 2.45) is 0 Å². The molecule has 136 valence electrons. The number of carbonyl (C=O) groups excluding carboxylic acids is 1. The van der Waals surface area contributed by atoms with Crippen molar-refractivity contribution in [2.45, 2.75) is 18.2 Å². The van der Waals surface area contributed by atoms with Gasteiger partial charge in [0.15, 0.2) is 0 Å². The first kappa shape index (κ1) is 18.6. The summed E-state index contributed by atoms with van der Waals surface area (Å²) in [6.07, 6.45) is -6.30. The van der Waals surface area contributed by atoms with Crippen LogP contribution < -0.4 is 5.32 Å². The molecule has 1 aromatic heterocycles. The third-order valence-electron chi connectivity index (χ3n) is 3.64. The zero-order valence-corrected chi connectivity index (χ0v) is 14.6. The quantitative estimate of drug-likeness (QED) is 0.665. The van der Waals surface area contributed by atoms with Crippen molar-refractivity contribution < 1.29 is 23.1 Å². The van der Waals surface area contributed by atoms with Crippen LogP contribution in [0.1, 0.15) is 11.4 Å². The SMILES string of the molecule is O=C(CC(O)(c1nc2ccccc2s1)C(F)(F)F)Nc1cccc(Cl)c1. The molecule has 1 atom stereocenters. The van der Waals surface area contributed by atoms with E-state index in [1.165, 1.54) is 18.2 Å². The average Bonchev–Trinajstić information content (AvgIpc) is 2.98. The second-order valence-electron chi connectivity index (χ2n) is 5.58. The van der Waals surface area contributed by atoms with Gasteiger partial charge in [-0.3, -0.25) is 4.79 Å². The second-order valence-corrected chi connectivity index (χ2v) is 7.05. The number of thiazole rings is 1. The smallest absolute Gasteiger partial charge is 0.374 e. The van der Waals surface area contributed by atoms with Crippen LogP contribution in [-0.4, -0.2) is 22.2 Å². The third kappa shape index (κ3) is 3.67. The minimum absolute atomic E-state index is 0.233. The van der Waals surface area contributed by atoms with E-state index < -0.39 is 29.1 Å². The van der Waals surface area contributed by atoms with E-state index in [0.29, 0.717) is 26.6 Å². The number of carbonyl (C=O) groups is 1. The summed E-state index contributed by atoms with van der Waals surface area (Å²) in [6.45, 7) is 0. The molecule has 2 aromatic carbocycles. The molecule has 26 heavy (non-hydrogen) atoms. The molecule has 0 spiro atoms. The van der Waals surface area contributed by atoms with Gasteiger partial charge >= 0.3 is 6.18 Å². The van der Waals surface area contributed by atoms with Gasteiger partial charge in [-0.15, -0.1) is 11.3 Å². The standard InChI is InChI=1S/C17H12ClF3N2O2S/c18-10-4-3-5-11(8-10)22-14(24)9-16(25,17(19,20)21)15-23-12-6-1-2-7-13(12)26-15/h1-8,25H,9H2,(H,22,24). The lowest BCUT2D eigenvalue weighted by atomic mass is 9.99. The van der Waals surface area contributed by atoms with Crippen molar-refractivity contribution >= 4 is 44.7 Å². The third-order valence-corrected chi connectivity index (χ3v) is 5.06. The van der Waals surface area contributed by atoms with Crippen molar-refractivity contribution in [1.29, 1.82) is 0 Å². The van der Waals surface area contributed by atoms with Gasteiger partial charge in [0, 0.05) is 10.7 Å². The molecule has 0 fully saturated rings. The molecule has 4 nitrogen and oxygen atoms in total. The van der Waals surface area contributed by atoms with E-state index >= 15 is 0 Å². The van der Waals surface area contributed by atoms with E-state index in [0.717, 1.165) is 0 Å². The molecule has 1 heterocycles. The van der Waals surface area contributed by atoms with Crippen LogP contribution >= 0.6 is 22.9 Å². The zero-order valence-electron chi connectivity index (χ0n) is 13.0. The predicted molar refractivity (Wildman–Crippen MR) is 94.3 cm³/mol. The Kier molecular flexibility index (Phi) is 4.92. The van der Waals surface area contributed by atoms with Crippen molar-refractivity contribution in [3.8, 4) is 0 Å². The highest BCUT2D eigenvalue weighted by molar-refractivity contribution is 7.18. The van der Waals surface area contributed by atoms with Gasteiger partial charge in [-0.1, -0.05) is 29.8 Å². The van der Waals surface area contributed by atoms with Crippen LogP contribution in [0.3, 0.4) is 0 Å². The number of aromatic nitrogens is 1. The van der Waals surface area contributed by atoms with Gasteiger partial charge in [0.25, 0.3) is 0 Å². The Morgan fingerprint density at radius 1 is 1.19 bits per heavy atom. The molecular formula is C17H12ClF3N2O2S. The van der Waals surface area contributed by atoms with Crippen molar-refractivity contribution in [1.82, 2.24) is 4.98 Å². The number of alkyl halides is 3. The van der Waals surface area contributed by atoms with Crippen LogP contribution in [0.25, 0.3) is 10.2 Å². The molecule has 0 saturated heterocycles. The molecule has 0 aliphatic carbocycles. The molecule has 0 bridgehead atoms. The number of rotatable bonds is 4. The molecule has 0 aliphatic rings. The van der Waals surface area contributed by atoms with Gasteiger partial charge in [0.2, 0.25) is 11.5 Å². The topological polar surface area (TPSA) is 62.2 Å². The van der Waals surface area contributed by atoms with Crippen molar-refractivity contribution in [3.05, 3.63) is 58.6 Å². The van der Waals surface area contributed by atoms with E-state index in [2.05, 4.69) is 10.3 Å². The maximum atomic E-state index is 13.6. The van der Waals surface area contributed by atoms with E-state index in [4.69, 9.17) is 11.6 Å². The molecular weight excluding hydrogens is 389 g/mol. The second kappa shape index (κ2) is 6.86. The molecule has 3 rings (SSSR count). The Morgan fingerprint density at radius 3 is 2.58 bits per heavy atom. The fraction of sp³-hybridized carbons (Fsp3) is 0.176. The van der Waals surface area contributed by atoms with Crippen molar-refractivity contribution in [2.75, 3.05) is 5.32 Å². The normalized spacial score (nSPS) is 14.2. The Morgan fingerprint density at radius 2 is 1.92 bits per heavy atom. The first-order valence-electron chi connectivity index (χ1n) is 7.39.